The first kappa shape index (κ1) is 22.6. The second-order valence-electron chi connectivity index (χ2n) is 8.88. The number of halogens is 2. The van der Waals surface area contributed by atoms with Gasteiger partial charge in [-0.2, -0.15) is 0 Å². The van der Waals surface area contributed by atoms with Gasteiger partial charge in [0.1, 0.15) is 11.6 Å². The number of aryl methyl sites for hydroxylation is 1. The molecule has 32 heavy (non-hydrogen) atoms. The molecule has 4 rings (SSSR count). The van der Waals surface area contributed by atoms with Gasteiger partial charge < -0.3 is 10.1 Å². The molecule has 1 atom stereocenters. The minimum Gasteiger partial charge on any atom is -0.370 e. The first-order chi connectivity index (χ1) is 15.4. The predicted octanol–water partition coefficient (Wildman–Crippen LogP) is 4.62. The SMILES string of the molecule is Cc1ccccc1CN1CCC2(CCC(CNC(=O)C=Cc3c(F)cccc3F)O2)CC1. The van der Waals surface area contributed by atoms with Crippen molar-refractivity contribution in [2.45, 2.75) is 50.9 Å². The number of ether oxygens (including phenoxy) is 1. The third kappa shape index (κ3) is 5.43. The molecule has 2 aromatic carbocycles. The molecule has 2 saturated heterocycles. The smallest absolute Gasteiger partial charge is 0.244 e. The van der Waals surface area contributed by atoms with Crippen molar-refractivity contribution in [3.63, 3.8) is 0 Å². The van der Waals surface area contributed by atoms with Gasteiger partial charge in [0.05, 0.1) is 11.7 Å². The maximum absolute atomic E-state index is 13.7. The molecular weight excluding hydrogens is 410 g/mol. The third-order valence-electron chi connectivity index (χ3n) is 6.67. The standard InChI is InChI=1S/C26H30F2N2O2/c1-19-5-2-3-6-20(19)18-30-15-13-26(14-16-30)12-11-21(32-26)17-29-25(31)10-9-22-23(27)7-4-8-24(22)28/h2-10,21H,11-18H2,1H3,(H,29,31). The summed E-state index contributed by atoms with van der Waals surface area (Å²) in [5.74, 6) is -1.77. The summed E-state index contributed by atoms with van der Waals surface area (Å²) in [5, 5.41) is 2.80. The number of carbonyl (C=O) groups excluding carboxylic acids is 1. The Morgan fingerprint density at radius 1 is 1.12 bits per heavy atom. The van der Waals surface area contributed by atoms with Crippen LogP contribution in [0, 0.1) is 18.6 Å². The topological polar surface area (TPSA) is 41.6 Å². The number of hydrogen-bond acceptors (Lipinski definition) is 3. The van der Waals surface area contributed by atoms with Crippen molar-refractivity contribution in [1.82, 2.24) is 10.2 Å². The van der Waals surface area contributed by atoms with E-state index in [1.807, 2.05) is 0 Å². The van der Waals surface area contributed by atoms with E-state index in [4.69, 9.17) is 4.74 Å². The zero-order valence-electron chi connectivity index (χ0n) is 18.4. The normalized spacial score (nSPS) is 20.8. The fraction of sp³-hybridized carbons (Fsp3) is 0.423. The van der Waals surface area contributed by atoms with Crippen LogP contribution in [0.4, 0.5) is 8.78 Å². The third-order valence-corrected chi connectivity index (χ3v) is 6.67. The fourth-order valence-corrected chi connectivity index (χ4v) is 4.66. The molecule has 0 radical (unpaired) electrons. The van der Waals surface area contributed by atoms with Crippen LogP contribution in [-0.2, 0) is 16.1 Å². The molecule has 2 aromatic rings. The molecule has 0 aromatic heterocycles. The highest BCUT2D eigenvalue weighted by molar-refractivity contribution is 5.91. The lowest BCUT2D eigenvalue weighted by atomic mass is 9.88. The summed E-state index contributed by atoms with van der Waals surface area (Å²) in [6.07, 6.45) is 6.20. The van der Waals surface area contributed by atoms with Crippen LogP contribution in [0.1, 0.15) is 42.4 Å². The van der Waals surface area contributed by atoms with E-state index < -0.39 is 11.6 Å². The molecule has 1 N–H and O–H groups in total. The van der Waals surface area contributed by atoms with Gasteiger partial charge in [0.15, 0.2) is 0 Å². The van der Waals surface area contributed by atoms with Crippen molar-refractivity contribution in [2.24, 2.45) is 0 Å². The Kier molecular flexibility index (Phi) is 7.01. The molecule has 0 saturated carbocycles. The molecule has 170 valence electrons. The number of nitrogens with one attached hydrogen (secondary N) is 1. The molecule has 1 amide bonds. The zero-order valence-corrected chi connectivity index (χ0v) is 18.4. The predicted molar refractivity (Wildman–Crippen MR) is 121 cm³/mol. The molecule has 4 nitrogen and oxygen atoms in total. The minimum absolute atomic E-state index is 0.0273. The Morgan fingerprint density at radius 2 is 1.84 bits per heavy atom. The molecule has 0 bridgehead atoms. The van der Waals surface area contributed by atoms with Gasteiger partial charge in [-0.25, -0.2) is 8.78 Å². The van der Waals surface area contributed by atoms with Crippen molar-refractivity contribution in [2.75, 3.05) is 19.6 Å². The van der Waals surface area contributed by atoms with Crippen LogP contribution < -0.4 is 5.32 Å². The Bertz CT molecular complexity index is 963. The Balaban J connectivity index is 1.22. The second-order valence-corrected chi connectivity index (χ2v) is 8.88. The lowest BCUT2D eigenvalue weighted by Gasteiger charge is -2.39. The van der Waals surface area contributed by atoms with Crippen LogP contribution in [0.25, 0.3) is 6.08 Å². The fourth-order valence-electron chi connectivity index (χ4n) is 4.66. The van der Waals surface area contributed by atoms with Gasteiger partial charge >= 0.3 is 0 Å². The molecule has 0 aliphatic carbocycles. The van der Waals surface area contributed by atoms with E-state index >= 15 is 0 Å². The average Bonchev–Trinajstić information content (AvgIpc) is 3.18. The summed E-state index contributed by atoms with van der Waals surface area (Å²) in [5.41, 5.74) is 2.40. The Morgan fingerprint density at radius 3 is 2.56 bits per heavy atom. The number of amides is 1. The average molecular weight is 441 g/mol. The van der Waals surface area contributed by atoms with Gasteiger partial charge in [0, 0.05) is 37.8 Å². The Labute approximate surface area is 188 Å². The van der Waals surface area contributed by atoms with Crippen molar-refractivity contribution < 1.29 is 18.3 Å². The highest BCUT2D eigenvalue weighted by atomic mass is 19.1. The van der Waals surface area contributed by atoms with Gasteiger partial charge in [0.25, 0.3) is 0 Å². The van der Waals surface area contributed by atoms with E-state index in [0.717, 1.165) is 51.4 Å². The number of rotatable bonds is 6. The quantitative estimate of drug-likeness (QED) is 0.667. The Hall–Kier alpha value is -2.57. The minimum atomic E-state index is -0.691. The maximum atomic E-state index is 13.7. The van der Waals surface area contributed by atoms with E-state index in [-0.39, 0.29) is 23.2 Å². The van der Waals surface area contributed by atoms with Crippen LogP contribution in [0.5, 0.6) is 0 Å². The molecule has 2 heterocycles. The van der Waals surface area contributed by atoms with Crippen molar-refractivity contribution in [1.29, 1.82) is 0 Å². The number of carbonyl (C=O) groups is 1. The molecule has 2 aliphatic heterocycles. The summed E-state index contributed by atoms with van der Waals surface area (Å²) >= 11 is 0. The van der Waals surface area contributed by atoms with E-state index in [9.17, 15) is 13.6 Å². The van der Waals surface area contributed by atoms with Gasteiger partial charge in [-0.15, -0.1) is 0 Å². The monoisotopic (exact) mass is 440 g/mol. The van der Waals surface area contributed by atoms with Crippen LogP contribution in [0.2, 0.25) is 0 Å². The van der Waals surface area contributed by atoms with E-state index in [2.05, 4.69) is 41.4 Å². The molecule has 1 spiro atoms. The molecule has 2 aliphatic rings. The number of nitrogens with zero attached hydrogens (tertiary/aromatic N) is 1. The molecule has 6 heteroatoms. The van der Waals surface area contributed by atoms with Gasteiger partial charge in [-0.3, -0.25) is 9.69 Å². The van der Waals surface area contributed by atoms with Gasteiger partial charge in [-0.1, -0.05) is 30.3 Å². The number of piperidine rings is 1. The van der Waals surface area contributed by atoms with Gasteiger partial charge in [-0.05, 0) is 61.9 Å². The first-order valence-corrected chi connectivity index (χ1v) is 11.3. The number of likely N-dealkylation sites (tertiary alicyclic amines) is 1. The largest absolute Gasteiger partial charge is 0.370 e. The summed E-state index contributed by atoms with van der Waals surface area (Å²) in [4.78, 5) is 14.6. The van der Waals surface area contributed by atoms with E-state index in [0.29, 0.717) is 6.54 Å². The van der Waals surface area contributed by atoms with E-state index in [1.165, 1.54) is 35.4 Å². The van der Waals surface area contributed by atoms with Crippen molar-refractivity contribution >= 4 is 12.0 Å². The number of benzene rings is 2. The highest BCUT2D eigenvalue weighted by Crippen LogP contribution is 2.39. The number of hydrogen-bond donors (Lipinski definition) is 1. The van der Waals surface area contributed by atoms with Crippen LogP contribution in [-0.4, -0.2) is 42.1 Å². The summed E-state index contributed by atoms with van der Waals surface area (Å²) in [6.45, 7) is 5.53. The second kappa shape index (κ2) is 9.92. The molecular formula is C26H30F2N2O2. The lowest BCUT2D eigenvalue weighted by molar-refractivity contribution is -0.118. The van der Waals surface area contributed by atoms with E-state index in [1.54, 1.807) is 0 Å². The van der Waals surface area contributed by atoms with Crippen LogP contribution in [0.15, 0.2) is 48.5 Å². The summed E-state index contributed by atoms with van der Waals surface area (Å²) in [6, 6.07) is 12.1. The van der Waals surface area contributed by atoms with Crippen LogP contribution >= 0.6 is 0 Å². The summed E-state index contributed by atoms with van der Waals surface area (Å²) < 4.78 is 33.7. The van der Waals surface area contributed by atoms with Crippen molar-refractivity contribution in [3.8, 4) is 0 Å². The van der Waals surface area contributed by atoms with Gasteiger partial charge in [0.2, 0.25) is 5.91 Å². The summed E-state index contributed by atoms with van der Waals surface area (Å²) in [7, 11) is 0. The highest BCUT2D eigenvalue weighted by Gasteiger charge is 2.42. The zero-order chi connectivity index (χ0) is 22.6. The molecule has 2 fully saturated rings. The first-order valence-electron chi connectivity index (χ1n) is 11.3. The van der Waals surface area contributed by atoms with Crippen molar-refractivity contribution in [3.05, 3.63) is 76.9 Å². The van der Waals surface area contributed by atoms with Crippen LogP contribution in [0.3, 0.4) is 0 Å². The molecule has 1 unspecified atom stereocenters. The lowest BCUT2D eigenvalue weighted by Crippen LogP contribution is -2.44. The maximum Gasteiger partial charge on any atom is 0.244 e.